The summed E-state index contributed by atoms with van der Waals surface area (Å²) in [5, 5.41) is 11.0. The van der Waals surface area contributed by atoms with E-state index in [0.717, 1.165) is 0 Å². The lowest BCUT2D eigenvalue weighted by atomic mass is 10.0. The Bertz CT molecular complexity index is 636. The minimum Gasteiger partial charge on any atom is -0.319 e. The SMILES string of the molecule is NC(c1ccc([N+](=O)[O-])c(Cl)c1)c1cc(Cl)ncn1. The smallest absolute Gasteiger partial charge is 0.287 e. The van der Waals surface area contributed by atoms with Crippen LogP contribution in [0.5, 0.6) is 0 Å². The molecule has 2 rings (SSSR count). The standard InChI is InChI=1S/C11H8Cl2N4O2/c12-7-3-6(1-2-9(7)17(18)19)11(14)8-4-10(13)16-5-15-8/h1-5,11H,14H2. The van der Waals surface area contributed by atoms with Crippen molar-refractivity contribution in [2.45, 2.75) is 6.04 Å². The van der Waals surface area contributed by atoms with Crippen LogP contribution in [0.4, 0.5) is 5.69 Å². The summed E-state index contributed by atoms with van der Waals surface area (Å²) in [6, 6.07) is 5.23. The van der Waals surface area contributed by atoms with Crippen molar-refractivity contribution in [2.75, 3.05) is 0 Å². The molecule has 8 heteroatoms. The lowest BCUT2D eigenvalue weighted by molar-refractivity contribution is -0.384. The number of nitrogens with zero attached hydrogens (tertiary/aromatic N) is 3. The van der Waals surface area contributed by atoms with Gasteiger partial charge in [0, 0.05) is 6.07 Å². The van der Waals surface area contributed by atoms with Gasteiger partial charge in [-0.15, -0.1) is 0 Å². The second-order valence-electron chi connectivity index (χ2n) is 3.71. The molecule has 0 aliphatic heterocycles. The fourth-order valence-electron chi connectivity index (χ4n) is 1.55. The summed E-state index contributed by atoms with van der Waals surface area (Å²) in [6.07, 6.45) is 1.30. The maximum atomic E-state index is 10.7. The summed E-state index contributed by atoms with van der Waals surface area (Å²) in [4.78, 5) is 17.9. The number of rotatable bonds is 3. The second kappa shape index (κ2) is 5.48. The van der Waals surface area contributed by atoms with Gasteiger partial charge >= 0.3 is 0 Å². The molecule has 0 aliphatic rings. The molecule has 1 unspecified atom stereocenters. The van der Waals surface area contributed by atoms with Crippen molar-refractivity contribution in [1.82, 2.24) is 9.97 Å². The Morgan fingerprint density at radius 3 is 2.58 bits per heavy atom. The third-order valence-corrected chi connectivity index (χ3v) is 3.01. The number of nitro benzene ring substituents is 1. The van der Waals surface area contributed by atoms with E-state index in [9.17, 15) is 10.1 Å². The number of nitrogens with two attached hydrogens (primary N) is 1. The molecule has 0 spiro atoms. The molecular formula is C11H8Cl2N4O2. The highest BCUT2D eigenvalue weighted by molar-refractivity contribution is 6.32. The zero-order valence-electron chi connectivity index (χ0n) is 9.46. The molecule has 0 amide bonds. The second-order valence-corrected chi connectivity index (χ2v) is 4.51. The van der Waals surface area contributed by atoms with Crippen LogP contribution in [0.3, 0.4) is 0 Å². The zero-order valence-corrected chi connectivity index (χ0v) is 11.0. The van der Waals surface area contributed by atoms with Gasteiger partial charge in [-0.2, -0.15) is 0 Å². The van der Waals surface area contributed by atoms with E-state index >= 15 is 0 Å². The lowest BCUT2D eigenvalue weighted by Gasteiger charge is -2.11. The summed E-state index contributed by atoms with van der Waals surface area (Å²) >= 11 is 11.6. The van der Waals surface area contributed by atoms with Gasteiger partial charge in [0.05, 0.1) is 16.7 Å². The van der Waals surface area contributed by atoms with Crippen molar-refractivity contribution in [3.63, 3.8) is 0 Å². The van der Waals surface area contributed by atoms with Crippen LogP contribution in [0.2, 0.25) is 10.2 Å². The molecule has 0 bridgehead atoms. The first-order valence-electron chi connectivity index (χ1n) is 5.16. The predicted molar refractivity (Wildman–Crippen MR) is 71.2 cm³/mol. The number of aromatic nitrogens is 2. The van der Waals surface area contributed by atoms with Crippen LogP contribution in [-0.4, -0.2) is 14.9 Å². The minimum atomic E-state index is -0.584. The third-order valence-electron chi connectivity index (χ3n) is 2.50. The van der Waals surface area contributed by atoms with Gasteiger partial charge in [0.25, 0.3) is 5.69 Å². The molecule has 6 nitrogen and oxygen atoms in total. The number of benzene rings is 1. The quantitative estimate of drug-likeness (QED) is 0.534. The monoisotopic (exact) mass is 298 g/mol. The van der Waals surface area contributed by atoms with Gasteiger partial charge in [-0.3, -0.25) is 10.1 Å². The van der Waals surface area contributed by atoms with E-state index in [4.69, 9.17) is 28.9 Å². The van der Waals surface area contributed by atoms with E-state index in [0.29, 0.717) is 11.3 Å². The number of hydrogen-bond donors (Lipinski definition) is 1. The van der Waals surface area contributed by atoms with E-state index < -0.39 is 11.0 Å². The zero-order chi connectivity index (χ0) is 14.0. The van der Waals surface area contributed by atoms with Crippen LogP contribution in [0, 0.1) is 10.1 Å². The van der Waals surface area contributed by atoms with Gasteiger partial charge in [-0.25, -0.2) is 9.97 Å². The molecule has 2 N–H and O–H groups in total. The molecular weight excluding hydrogens is 291 g/mol. The van der Waals surface area contributed by atoms with E-state index in [2.05, 4.69) is 9.97 Å². The number of nitro groups is 1. The van der Waals surface area contributed by atoms with Gasteiger partial charge in [-0.05, 0) is 17.7 Å². The van der Waals surface area contributed by atoms with Crippen molar-refractivity contribution >= 4 is 28.9 Å². The topological polar surface area (TPSA) is 94.9 Å². The first-order chi connectivity index (χ1) is 8.99. The summed E-state index contributed by atoms with van der Waals surface area (Å²) < 4.78 is 0. The normalized spacial score (nSPS) is 12.2. The Morgan fingerprint density at radius 1 is 1.26 bits per heavy atom. The van der Waals surface area contributed by atoms with Gasteiger partial charge in [0.15, 0.2) is 0 Å². The average Bonchev–Trinajstić information content (AvgIpc) is 2.37. The third kappa shape index (κ3) is 2.98. The molecule has 1 heterocycles. The first kappa shape index (κ1) is 13.7. The van der Waals surface area contributed by atoms with Gasteiger partial charge < -0.3 is 5.73 Å². The van der Waals surface area contributed by atoms with E-state index in [1.54, 1.807) is 0 Å². The van der Waals surface area contributed by atoms with Crippen molar-refractivity contribution in [1.29, 1.82) is 0 Å². The highest BCUT2D eigenvalue weighted by atomic mass is 35.5. The molecule has 1 atom stereocenters. The first-order valence-corrected chi connectivity index (χ1v) is 5.91. The predicted octanol–water partition coefficient (Wildman–Crippen LogP) is 2.74. The molecule has 0 radical (unpaired) electrons. The van der Waals surface area contributed by atoms with Crippen LogP contribution >= 0.6 is 23.2 Å². The fourth-order valence-corrected chi connectivity index (χ4v) is 1.97. The van der Waals surface area contributed by atoms with E-state index in [-0.39, 0.29) is 15.9 Å². The molecule has 19 heavy (non-hydrogen) atoms. The Kier molecular flexibility index (Phi) is 3.94. The summed E-state index contributed by atoms with van der Waals surface area (Å²) in [7, 11) is 0. The van der Waals surface area contributed by atoms with E-state index in [1.807, 2.05) is 0 Å². The molecule has 0 fully saturated rings. The number of hydrogen-bond acceptors (Lipinski definition) is 5. The van der Waals surface area contributed by atoms with Gasteiger partial charge in [0.2, 0.25) is 0 Å². The number of halogens is 2. The van der Waals surface area contributed by atoms with Crippen LogP contribution in [0.15, 0.2) is 30.6 Å². The molecule has 1 aromatic carbocycles. The maximum absolute atomic E-state index is 10.7. The Labute approximate surface area is 118 Å². The van der Waals surface area contributed by atoms with Crippen LogP contribution in [-0.2, 0) is 0 Å². The molecule has 0 aliphatic carbocycles. The maximum Gasteiger partial charge on any atom is 0.287 e. The van der Waals surface area contributed by atoms with Crippen molar-refractivity contribution in [3.05, 3.63) is 62.1 Å². The average molecular weight is 299 g/mol. The highest BCUT2D eigenvalue weighted by Gasteiger charge is 2.17. The lowest BCUT2D eigenvalue weighted by Crippen LogP contribution is -2.13. The molecule has 2 aromatic rings. The summed E-state index contributed by atoms with van der Waals surface area (Å²) in [6.45, 7) is 0. The Balaban J connectivity index is 2.37. The van der Waals surface area contributed by atoms with Crippen molar-refractivity contribution < 1.29 is 4.92 Å². The largest absolute Gasteiger partial charge is 0.319 e. The molecule has 0 saturated carbocycles. The Hall–Kier alpha value is -1.76. The molecule has 0 saturated heterocycles. The molecule has 98 valence electrons. The van der Waals surface area contributed by atoms with Crippen molar-refractivity contribution in [3.8, 4) is 0 Å². The van der Waals surface area contributed by atoms with E-state index in [1.165, 1.54) is 30.6 Å². The van der Waals surface area contributed by atoms with Crippen LogP contribution in [0.1, 0.15) is 17.3 Å². The summed E-state index contributed by atoms with van der Waals surface area (Å²) in [5.74, 6) is 0. The summed E-state index contributed by atoms with van der Waals surface area (Å²) in [5.41, 5.74) is 6.94. The minimum absolute atomic E-state index is 0.0260. The van der Waals surface area contributed by atoms with Gasteiger partial charge in [0.1, 0.15) is 16.5 Å². The van der Waals surface area contributed by atoms with Crippen LogP contribution in [0.25, 0.3) is 0 Å². The van der Waals surface area contributed by atoms with Crippen LogP contribution < -0.4 is 5.73 Å². The molecule has 1 aromatic heterocycles. The van der Waals surface area contributed by atoms with Crippen molar-refractivity contribution in [2.24, 2.45) is 5.73 Å². The Morgan fingerprint density at radius 2 is 2.00 bits per heavy atom. The highest BCUT2D eigenvalue weighted by Crippen LogP contribution is 2.28. The van der Waals surface area contributed by atoms with Gasteiger partial charge in [-0.1, -0.05) is 29.3 Å². The fraction of sp³-hybridized carbons (Fsp3) is 0.0909.